The summed E-state index contributed by atoms with van der Waals surface area (Å²) in [6.45, 7) is 4.19. The van der Waals surface area contributed by atoms with Gasteiger partial charge in [0.15, 0.2) is 0 Å². The highest BCUT2D eigenvalue weighted by atomic mass is 16.4. The molecule has 1 heterocycles. The normalized spacial score (nSPS) is 10.9. The van der Waals surface area contributed by atoms with Crippen molar-refractivity contribution in [2.75, 3.05) is 0 Å². The quantitative estimate of drug-likeness (QED) is 0.315. The Labute approximate surface area is 182 Å². The van der Waals surface area contributed by atoms with E-state index >= 15 is 0 Å². The van der Waals surface area contributed by atoms with Crippen molar-refractivity contribution in [1.82, 2.24) is 10.2 Å². The smallest absolute Gasteiger partial charge is 0.248 e. The van der Waals surface area contributed by atoms with Crippen LogP contribution in [0.25, 0.3) is 45.2 Å². The van der Waals surface area contributed by atoms with E-state index in [2.05, 4.69) is 96.8 Å². The lowest BCUT2D eigenvalue weighted by Gasteiger charge is -2.03. The number of benzene rings is 4. The third-order valence-electron chi connectivity index (χ3n) is 5.46. The van der Waals surface area contributed by atoms with Gasteiger partial charge in [-0.3, -0.25) is 0 Å². The molecule has 0 saturated heterocycles. The summed E-state index contributed by atoms with van der Waals surface area (Å²) < 4.78 is 5.96. The minimum Gasteiger partial charge on any atom is -0.416 e. The van der Waals surface area contributed by atoms with Crippen LogP contribution in [0.5, 0.6) is 0 Å². The van der Waals surface area contributed by atoms with Gasteiger partial charge in [-0.25, -0.2) is 0 Å². The van der Waals surface area contributed by atoms with E-state index in [0.29, 0.717) is 11.8 Å². The molecule has 150 valence electrons. The molecular formula is C28H22N2O. The van der Waals surface area contributed by atoms with Crippen LogP contribution in [-0.2, 0) is 0 Å². The van der Waals surface area contributed by atoms with E-state index in [1.165, 1.54) is 22.3 Å². The first-order valence-corrected chi connectivity index (χ1v) is 10.3. The molecule has 3 heteroatoms. The minimum absolute atomic E-state index is 0.521. The number of aryl methyl sites for hydroxylation is 2. The average molecular weight is 402 g/mol. The number of hydrogen-bond acceptors (Lipinski definition) is 3. The fourth-order valence-electron chi connectivity index (χ4n) is 3.56. The van der Waals surface area contributed by atoms with Crippen LogP contribution in [0.1, 0.15) is 11.1 Å². The van der Waals surface area contributed by atoms with Gasteiger partial charge >= 0.3 is 0 Å². The minimum atomic E-state index is 0.521. The second kappa shape index (κ2) is 8.04. The first-order valence-electron chi connectivity index (χ1n) is 10.3. The molecule has 5 rings (SSSR count). The summed E-state index contributed by atoms with van der Waals surface area (Å²) in [6, 6.07) is 33.4. The van der Waals surface area contributed by atoms with Gasteiger partial charge in [0, 0.05) is 11.1 Å². The topological polar surface area (TPSA) is 38.9 Å². The van der Waals surface area contributed by atoms with Crippen molar-refractivity contribution in [2.24, 2.45) is 0 Å². The molecule has 0 fully saturated rings. The predicted molar refractivity (Wildman–Crippen MR) is 126 cm³/mol. The molecule has 0 N–H and O–H groups in total. The number of rotatable bonds is 4. The summed E-state index contributed by atoms with van der Waals surface area (Å²) >= 11 is 0. The Bertz CT molecular complexity index is 1190. The Balaban J connectivity index is 1.36. The zero-order chi connectivity index (χ0) is 21.2. The van der Waals surface area contributed by atoms with Gasteiger partial charge < -0.3 is 4.42 Å². The molecule has 0 aliphatic heterocycles. The van der Waals surface area contributed by atoms with E-state index in [-0.39, 0.29) is 0 Å². The zero-order valence-electron chi connectivity index (χ0n) is 17.5. The van der Waals surface area contributed by atoms with Crippen molar-refractivity contribution in [3.8, 4) is 45.2 Å². The van der Waals surface area contributed by atoms with Crippen LogP contribution in [0.2, 0.25) is 0 Å². The molecule has 0 spiro atoms. The summed E-state index contributed by atoms with van der Waals surface area (Å²) in [5.41, 5.74) is 9.03. The monoisotopic (exact) mass is 402 g/mol. The van der Waals surface area contributed by atoms with E-state index in [9.17, 15) is 0 Å². The van der Waals surface area contributed by atoms with Gasteiger partial charge in [-0.1, -0.05) is 83.9 Å². The van der Waals surface area contributed by atoms with E-state index in [1.54, 1.807) is 0 Å². The molecular weight excluding hydrogens is 380 g/mol. The largest absolute Gasteiger partial charge is 0.416 e. The first kappa shape index (κ1) is 19.0. The van der Waals surface area contributed by atoms with Gasteiger partial charge in [-0.05, 0) is 60.4 Å². The molecule has 0 atom stereocenters. The molecule has 0 unspecified atom stereocenters. The third-order valence-corrected chi connectivity index (χ3v) is 5.46. The molecule has 31 heavy (non-hydrogen) atoms. The molecule has 0 bridgehead atoms. The van der Waals surface area contributed by atoms with Gasteiger partial charge in [0.05, 0.1) is 0 Å². The molecule has 0 amide bonds. The van der Waals surface area contributed by atoms with E-state index in [1.807, 2.05) is 24.3 Å². The maximum Gasteiger partial charge on any atom is 0.248 e. The molecule has 0 aliphatic carbocycles. The molecule has 0 aliphatic rings. The Morgan fingerprint density at radius 2 is 0.645 bits per heavy atom. The second-order valence-electron chi connectivity index (χ2n) is 7.80. The highest BCUT2D eigenvalue weighted by molar-refractivity contribution is 5.69. The zero-order valence-corrected chi connectivity index (χ0v) is 17.5. The summed E-state index contributed by atoms with van der Waals surface area (Å²) in [5.74, 6) is 1.04. The lowest BCUT2D eigenvalue weighted by Crippen LogP contribution is -1.81. The van der Waals surface area contributed by atoms with Crippen molar-refractivity contribution in [2.45, 2.75) is 13.8 Å². The van der Waals surface area contributed by atoms with Crippen LogP contribution in [0.15, 0.2) is 101 Å². The van der Waals surface area contributed by atoms with Crippen molar-refractivity contribution in [3.63, 3.8) is 0 Å². The van der Waals surface area contributed by atoms with Crippen LogP contribution in [0.3, 0.4) is 0 Å². The summed E-state index contributed by atoms with van der Waals surface area (Å²) in [6.07, 6.45) is 0. The van der Waals surface area contributed by atoms with Crippen molar-refractivity contribution in [3.05, 3.63) is 108 Å². The SMILES string of the molecule is Cc1ccc(-c2ccc(-c3nnc(-c4ccc(-c5ccc(C)cc5)cc4)o3)cc2)cc1. The Morgan fingerprint density at radius 3 is 0.968 bits per heavy atom. The molecule has 1 aromatic heterocycles. The van der Waals surface area contributed by atoms with Gasteiger partial charge in [-0.15, -0.1) is 10.2 Å². The molecule has 3 nitrogen and oxygen atoms in total. The van der Waals surface area contributed by atoms with Crippen LogP contribution in [0.4, 0.5) is 0 Å². The Morgan fingerprint density at radius 1 is 0.387 bits per heavy atom. The molecule has 0 radical (unpaired) electrons. The van der Waals surface area contributed by atoms with Gasteiger partial charge in [0.25, 0.3) is 0 Å². The molecule has 0 saturated carbocycles. The Hall–Kier alpha value is -3.98. The van der Waals surface area contributed by atoms with Gasteiger partial charge in [-0.2, -0.15) is 0 Å². The fraction of sp³-hybridized carbons (Fsp3) is 0.0714. The molecule has 5 aromatic rings. The van der Waals surface area contributed by atoms with Crippen LogP contribution in [0, 0.1) is 13.8 Å². The number of hydrogen-bond donors (Lipinski definition) is 0. The lowest BCUT2D eigenvalue weighted by atomic mass is 10.0. The fourth-order valence-corrected chi connectivity index (χ4v) is 3.56. The Kier molecular flexibility index (Phi) is 4.93. The number of nitrogens with zero attached hydrogens (tertiary/aromatic N) is 2. The lowest BCUT2D eigenvalue weighted by molar-refractivity contribution is 0.584. The van der Waals surface area contributed by atoms with Crippen LogP contribution < -0.4 is 0 Å². The van der Waals surface area contributed by atoms with E-state index in [0.717, 1.165) is 22.3 Å². The summed E-state index contributed by atoms with van der Waals surface area (Å²) in [7, 11) is 0. The first-order chi connectivity index (χ1) is 15.2. The number of aromatic nitrogens is 2. The maximum absolute atomic E-state index is 5.96. The van der Waals surface area contributed by atoms with Crippen molar-refractivity contribution < 1.29 is 4.42 Å². The average Bonchev–Trinajstić information content (AvgIpc) is 3.31. The summed E-state index contributed by atoms with van der Waals surface area (Å²) in [5, 5.41) is 8.50. The highest BCUT2D eigenvalue weighted by Crippen LogP contribution is 2.28. The van der Waals surface area contributed by atoms with Crippen LogP contribution >= 0.6 is 0 Å². The van der Waals surface area contributed by atoms with Crippen molar-refractivity contribution in [1.29, 1.82) is 0 Å². The second-order valence-corrected chi connectivity index (χ2v) is 7.80. The maximum atomic E-state index is 5.96. The molecule has 4 aromatic carbocycles. The van der Waals surface area contributed by atoms with E-state index < -0.39 is 0 Å². The predicted octanol–water partition coefficient (Wildman–Crippen LogP) is 7.35. The third kappa shape index (κ3) is 4.03. The summed E-state index contributed by atoms with van der Waals surface area (Å²) in [4.78, 5) is 0. The van der Waals surface area contributed by atoms with E-state index in [4.69, 9.17) is 4.42 Å². The van der Waals surface area contributed by atoms with Crippen LogP contribution in [-0.4, -0.2) is 10.2 Å². The standard InChI is InChI=1S/C28H22N2O/c1-19-3-7-21(8-4-19)23-11-15-25(16-12-23)27-29-30-28(31-27)26-17-13-24(14-18-26)22-9-5-20(2)6-10-22/h3-18H,1-2H3. The van der Waals surface area contributed by atoms with Crippen molar-refractivity contribution >= 4 is 0 Å². The van der Waals surface area contributed by atoms with Gasteiger partial charge in [0.2, 0.25) is 11.8 Å². The van der Waals surface area contributed by atoms with Gasteiger partial charge in [0.1, 0.15) is 0 Å². The highest BCUT2D eigenvalue weighted by Gasteiger charge is 2.11.